The molecule has 0 saturated carbocycles. The third-order valence-corrected chi connectivity index (χ3v) is 6.22. The third-order valence-electron chi connectivity index (χ3n) is 4.08. The summed E-state index contributed by atoms with van der Waals surface area (Å²) in [6, 6.07) is 9.16. The lowest BCUT2D eigenvalue weighted by Gasteiger charge is -2.18. The number of amides is 1. The first-order chi connectivity index (χ1) is 13.6. The van der Waals surface area contributed by atoms with Crippen LogP contribution in [0.5, 0.6) is 5.75 Å². The molecule has 0 radical (unpaired) electrons. The zero-order valence-corrected chi connectivity index (χ0v) is 17.8. The van der Waals surface area contributed by atoms with E-state index in [-0.39, 0.29) is 12.5 Å². The van der Waals surface area contributed by atoms with E-state index in [1.54, 1.807) is 41.5 Å². The number of aliphatic hydroxyl groups is 1. The first kappa shape index (κ1) is 20.9. The van der Waals surface area contributed by atoms with Gasteiger partial charge in [-0.15, -0.1) is 11.3 Å². The Hall–Kier alpha value is -1.80. The number of methoxy groups -OCH3 is 1. The molecule has 1 N–H and O–H groups in total. The second-order valence-electron chi connectivity index (χ2n) is 6.03. The maximum Gasteiger partial charge on any atom is 0.283 e. The van der Waals surface area contributed by atoms with Crippen molar-refractivity contribution in [3.63, 3.8) is 0 Å². The lowest BCUT2D eigenvalue weighted by atomic mass is 10.2. The fourth-order valence-electron chi connectivity index (χ4n) is 2.68. The average Bonchev–Trinajstić information content (AvgIpc) is 3.30. The van der Waals surface area contributed by atoms with Crippen LogP contribution in [0.2, 0.25) is 5.02 Å². The smallest absolute Gasteiger partial charge is 0.283 e. The van der Waals surface area contributed by atoms with E-state index in [4.69, 9.17) is 21.4 Å². The second kappa shape index (κ2) is 10.1. The molecule has 0 aliphatic carbocycles. The lowest BCUT2D eigenvalue weighted by molar-refractivity contribution is -0.113. The molecule has 0 saturated heterocycles. The zero-order valence-electron chi connectivity index (χ0n) is 15.4. The number of halogens is 1. The summed E-state index contributed by atoms with van der Waals surface area (Å²) in [5.41, 5.74) is 1.07. The lowest BCUT2D eigenvalue weighted by Crippen LogP contribution is -2.30. The third kappa shape index (κ3) is 4.97. The second-order valence-corrected chi connectivity index (χ2v) is 8.48. The van der Waals surface area contributed by atoms with E-state index in [1.807, 2.05) is 23.6 Å². The number of benzene rings is 1. The number of carbonyl (C=O) groups is 1. The van der Waals surface area contributed by atoms with Crippen LogP contribution in [-0.4, -0.2) is 35.7 Å². The predicted molar refractivity (Wildman–Crippen MR) is 119 cm³/mol. The Bertz CT molecular complexity index is 882. The summed E-state index contributed by atoms with van der Waals surface area (Å²) in [6.07, 6.45) is 4.48. The number of aliphatic imine (C=N–C) groups is 1. The van der Waals surface area contributed by atoms with Crippen LogP contribution in [0.15, 0.2) is 46.4 Å². The van der Waals surface area contributed by atoms with Gasteiger partial charge in [0.2, 0.25) is 0 Å². The molecule has 28 heavy (non-hydrogen) atoms. The van der Waals surface area contributed by atoms with Gasteiger partial charge in [0, 0.05) is 17.2 Å². The van der Waals surface area contributed by atoms with Gasteiger partial charge in [-0.25, -0.2) is 4.99 Å². The Morgan fingerprint density at radius 2 is 2.18 bits per heavy atom. The normalized spacial score (nSPS) is 15.4. The zero-order chi connectivity index (χ0) is 19.9. The van der Waals surface area contributed by atoms with Crippen LogP contribution >= 0.6 is 34.7 Å². The number of anilines is 1. The number of thioether (sulfide) groups is 1. The molecule has 8 heteroatoms. The van der Waals surface area contributed by atoms with Crippen LogP contribution in [0.3, 0.4) is 0 Å². The Labute approximate surface area is 177 Å². The van der Waals surface area contributed by atoms with E-state index in [0.29, 0.717) is 27.3 Å². The Kier molecular flexibility index (Phi) is 7.56. The summed E-state index contributed by atoms with van der Waals surface area (Å²) >= 11 is 9.37. The van der Waals surface area contributed by atoms with Crippen molar-refractivity contribution in [2.45, 2.75) is 19.3 Å². The Morgan fingerprint density at radius 3 is 2.86 bits per heavy atom. The van der Waals surface area contributed by atoms with Crippen molar-refractivity contribution < 1.29 is 14.6 Å². The van der Waals surface area contributed by atoms with Crippen LogP contribution in [0.1, 0.15) is 24.1 Å². The molecule has 0 fully saturated rings. The fraction of sp³-hybridized carbons (Fsp3) is 0.300. The van der Waals surface area contributed by atoms with Gasteiger partial charge in [-0.2, -0.15) is 0 Å². The number of thiophene rings is 1. The molecule has 2 heterocycles. The van der Waals surface area contributed by atoms with E-state index < -0.39 is 0 Å². The van der Waals surface area contributed by atoms with Crippen molar-refractivity contribution in [2.75, 3.05) is 24.4 Å². The Morgan fingerprint density at radius 1 is 1.32 bits per heavy atom. The number of rotatable bonds is 8. The average molecular weight is 437 g/mol. The number of hydrogen-bond donors (Lipinski definition) is 1. The molecular weight excluding hydrogens is 416 g/mol. The molecule has 1 aliphatic heterocycles. The highest BCUT2D eigenvalue weighted by molar-refractivity contribution is 8.14. The summed E-state index contributed by atoms with van der Waals surface area (Å²) < 4.78 is 5.21. The van der Waals surface area contributed by atoms with Gasteiger partial charge in [0.05, 0.1) is 17.8 Å². The minimum atomic E-state index is -0.174. The van der Waals surface area contributed by atoms with Gasteiger partial charge in [-0.1, -0.05) is 35.9 Å². The van der Waals surface area contributed by atoms with Crippen LogP contribution in [0.25, 0.3) is 6.08 Å². The van der Waals surface area contributed by atoms with Crippen molar-refractivity contribution in [3.8, 4) is 5.75 Å². The van der Waals surface area contributed by atoms with Gasteiger partial charge in [0.15, 0.2) is 5.17 Å². The van der Waals surface area contributed by atoms with Gasteiger partial charge < -0.3 is 9.84 Å². The van der Waals surface area contributed by atoms with Gasteiger partial charge in [0.1, 0.15) is 11.4 Å². The minimum absolute atomic E-state index is 0.174. The minimum Gasteiger partial charge on any atom is -0.495 e. The molecule has 0 bridgehead atoms. The van der Waals surface area contributed by atoms with Crippen molar-refractivity contribution >= 4 is 57.5 Å². The molecule has 1 aliphatic rings. The first-order valence-electron chi connectivity index (χ1n) is 8.89. The molecule has 1 aromatic carbocycles. The van der Waals surface area contributed by atoms with Gasteiger partial charge in [0.25, 0.3) is 5.91 Å². The van der Waals surface area contributed by atoms with Crippen molar-refractivity contribution in [2.24, 2.45) is 4.99 Å². The van der Waals surface area contributed by atoms with Crippen molar-refractivity contribution in [1.29, 1.82) is 0 Å². The standard InChI is InChI=1S/C20H21ClN2O3S2/c1-26-18-8-7-14(12-16(18)21)23-19(25)17(13-15-6-5-11-27-15)22-20(23)28-10-4-2-3-9-24/h5-8,11-13,24H,2-4,9-10H2,1H3/b17-13-. The maximum absolute atomic E-state index is 13.1. The largest absolute Gasteiger partial charge is 0.495 e. The molecule has 0 spiro atoms. The number of hydrogen-bond acceptors (Lipinski definition) is 6. The van der Waals surface area contributed by atoms with E-state index in [9.17, 15) is 4.79 Å². The van der Waals surface area contributed by atoms with Crippen LogP contribution < -0.4 is 9.64 Å². The first-order valence-corrected chi connectivity index (χ1v) is 11.1. The summed E-state index contributed by atoms with van der Waals surface area (Å²) in [7, 11) is 1.55. The molecule has 0 atom stereocenters. The molecule has 0 unspecified atom stereocenters. The van der Waals surface area contributed by atoms with Crippen LogP contribution in [0, 0.1) is 0 Å². The number of ether oxygens (including phenoxy) is 1. The quantitative estimate of drug-likeness (QED) is 0.464. The number of aliphatic hydroxyl groups excluding tert-OH is 1. The molecule has 1 amide bonds. The SMILES string of the molecule is COc1ccc(N2C(=O)/C(=C/c3cccs3)N=C2SCCCCCO)cc1Cl. The molecule has 2 aromatic rings. The topological polar surface area (TPSA) is 62.1 Å². The predicted octanol–water partition coefficient (Wildman–Crippen LogP) is 5.05. The maximum atomic E-state index is 13.1. The highest BCUT2D eigenvalue weighted by atomic mass is 35.5. The van der Waals surface area contributed by atoms with Gasteiger partial charge in [-0.05, 0) is 48.6 Å². The van der Waals surface area contributed by atoms with Gasteiger partial charge >= 0.3 is 0 Å². The van der Waals surface area contributed by atoms with Crippen molar-refractivity contribution in [3.05, 3.63) is 51.3 Å². The van der Waals surface area contributed by atoms with Crippen molar-refractivity contribution in [1.82, 2.24) is 0 Å². The molecular formula is C20H21ClN2O3S2. The fourth-order valence-corrected chi connectivity index (χ4v) is 4.59. The van der Waals surface area contributed by atoms with E-state index in [2.05, 4.69) is 4.99 Å². The van der Waals surface area contributed by atoms with E-state index >= 15 is 0 Å². The monoisotopic (exact) mass is 436 g/mol. The van der Waals surface area contributed by atoms with E-state index in [1.165, 1.54) is 11.8 Å². The summed E-state index contributed by atoms with van der Waals surface area (Å²) in [6.45, 7) is 0.203. The number of amidine groups is 1. The van der Waals surface area contributed by atoms with E-state index in [0.717, 1.165) is 29.9 Å². The molecule has 148 valence electrons. The highest BCUT2D eigenvalue weighted by Gasteiger charge is 2.32. The molecule has 1 aromatic heterocycles. The summed E-state index contributed by atoms with van der Waals surface area (Å²) in [5.74, 6) is 1.20. The molecule has 3 rings (SSSR count). The van der Waals surface area contributed by atoms with Crippen LogP contribution in [-0.2, 0) is 4.79 Å². The summed E-state index contributed by atoms with van der Waals surface area (Å²) in [5, 5.41) is 12.0. The Balaban J connectivity index is 1.85. The molecule has 5 nitrogen and oxygen atoms in total. The highest BCUT2D eigenvalue weighted by Crippen LogP contribution is 2.34. The van der Waals surface area contributed by atoms with Gasteiger partial charge in [-0.3, -0.25) is 9.69 Å². The summed E-state index contributed by atoms with van der Waals surface area (Å²) in [4.78, 5) is 20.2. The number of carbonyl (C=O) groups excluding carboxylic acids is 1. The number of unbranched alkanes of at least 4 members (excludes halogenated alkanes) is 2. The van der Waals surface area contributed by atoms with Crippen LogP contribution in [0.4, 0.5) is 5.69 Å². The number of nitrogens with zero attached hydrogens (tertiary/aromatic N) is 2.